The number of aryl methyl sites for hydroxylation is 1. The summed E-state index contributed by atoms with van der Waals surface area (Å²) < 4.78 is 1.73. The van der Waals surface area contributed by atoms with Crippen molar-refractivity contribution in [3.63, 3.8) is 0 Å². The molecule has 0 saturated heterocycles. The highest BCUT2D eigenvalue weighted by molar-refractivity contribution is 6.29. The summed E-state index contributed by atoms with van der Waals surface area (Å²) in [4.78, 5) is 11.3. The number of rotatable bonds is 3. The lowest BCUT2D eigenvalue weighted by Gasteiger charge is -2.09. The molecule has 0 aliphatic carbocycles. The molecule has 88 valence electrons. The molecule has 1 amide bonds. The van der Waals surface area contributed by atoms with Crippen LogP contribution < -0.4 is 5.32 Å². The second-order valence-electron chi connectivity index (χ2n) is 3.63. The van der Waals surface area contributed by atoms with E-state index in [2.05, 4.69) is 10.4 Å². The Hall–Kier alpha value is -1.81. The molecule has 1 aromatic carbocycles. The number of carbonyl (C=O) groups excluding carboxylic acids is 1. The summed E-state index contributed by atoms with van der Waals surface area (Å²) in [7, 11) is 0. The topological polar surface area (TPSA) is 46.9 Å². The van der Waals surface area contributed by atoms with Crippen LogP contribution >= 0.6 is 11.6 Å². The van der Waals surface area contributed by atoms with Gasteiger partial charge in [0.2, 0.25) is 5.91 Å². The number of carbonyl (C=O) groups is 1. The Morgan fingerprint density at radius 3 is 3.00 bits per heavy atom. The lowest BCUT2D eigenvalue weighted by Crippen LogP contribution is -2.13. The predicted molar refractivity (Wildman–Crippen MR) is 67.7 cm³/mol. The van der Waals surface area contributed by atoms with Gasteiger partial charge in [-0.3, -0.25) is 4.79 Å². The number of amides is 1. The van der Waals surface area contributed by atoms with Crippen molar-refractivity contribution in [1.29, 1.82) is 0 Å². The van der Waals surface area contributed by atoms with Crippen molar-refractivity contribution in [2.45, 2.75) is 6.92 Å². The first-order chi connectivity index (χ1) is 8.20. The van der Waals surface area contributed by atoms with Crippen molar-refractivity contribution in [1.82, 2.24) is 9.78 Å². The number of nitrogens with zero attached hydrogens (tertiary/aromatic N) is 2. The molecule has 0 spiro atoms. The van der Waals surface area contributed by atoms with Gasteiger partial charge in [0, 0.05) is 18.1 Å². The molecule has 1 N–H and O–H groups in total. The zero-order valence-electron chi connectivity index (χ0n) is 9.35. The molecule has 2 aromatic rings. The summed E-state index contributed by atoms with van der Waals surface area (Å²) in [5.74, 6) is -0.266. The SMILES string of the molecule is Cc1ccc(-n2cccn2)cc1NC(=O)CCl. The van der Waals surface area contributed by atoms with E-state index in [1.807, 2.05) is 37.4 Å². The average molecular weight is 250 g/mol. The van der Waals surface area contributed by atoms with Crippen molar-refractivity contribution >= 4 is 23.2 Å². The molecule has 17 heavy (non-hydrogen) atoms. The highest BCUT2D eigenvalue weighted by atomic mass is 35.5. The number of hydrogen-bond acceptors (Lipinski definition) is 2. The van der Waals surface area contributed by atoms with E-state index >= 15 is 0 Å². The van der Waals surface area contributed by atoms with Crippen LogP contribution in [0.5, 0.6) is 0 Å². The molecule has 0 atom stereocenters. The largest absolute Gasteiger partial charge is 0.325 e. The Bertz CT molecular complexity index is 523. The van der Waals surface area contributed by atoms with Crippen LogP contribution in [0.3, 0.4) is 0 Å². The monoisotopic (exact) mass is 249 g/mol. The third kappa shape index (κ3) is 2.65. The van der Waals surface area contributed by atoms with E-state index < -0.39 is 0 Å². The Labute approximate surface area is 104 Å². The van der Waals surface area contributed by atoms with E-state index in [1.165, 1.54) is 0 Å². The van der Waals surface area contributed by atoms with Gasteiger partial charge in [0.15, 0.2) is 0 Å². The number of aromatic nitrogens is 2. The Kier molecular flexibility index (Phi) is 3.44. The lowest BCUT2D eigenvalue weighted by atomic mass is 10.2. The minimum atomic E-state index is -0.215. The van der Waals surface area contributed by atoms with Gasteiger partial charge in [0.25, 0.3) is 0 Å². The molecule has 0 fully saturated rings. The number of hydrogen-bond donors (Lipinski definition) is 1. The normalized spacial score (nSPS) is 10.2. The van der Waals surface area contributed by atoms with Gasteiger partial charge in [-0.2, -0.15) is 5.10 Å². The van der Waals surface area contributed by atoms with Crippen molar-refractivity contribution in [3.05, 3.63) is 42.2 Å². The summed E-state index contributed by atoms with van der Waals surface area (Å²) in [6.07, 6.45) is 3.55. The molecule has 0 aliphatic rings. The van der Waals surface area contributed by atoms with Gasteiger partial charge in [-0.25, -0.2) is 4.68 Å². The third-order valence-corrected chi connectivity index (χ3v) is 2.63. The number of alkyl halides is 1. The molecular weight excluding hydrogens is 238 g/mol. The van der Waals surface area contributed by atoms with E-state index in [1.54, 1.807) is 10.9 Å². The fourth-order valence-corrected chi connectivity index (χ4v) is 1.56. The lowest BCUT2D eigenvalue weighted by molar-refractivity contribution is -0.113. The summed E-state index contributed by atoms with van der Waals surface area (Å²) in [5.41, 5.74) is 2.63. The molecule has 0 unspecified atom stereocenters. The molecule has 0 bridgehead atoms. The first-order valence-electron chi connectivity index (χ1n) is 5.17. The maximum Gasteiger partial charge on any atom is 0.239 e. The average Bonchev–Trinajstić information content (AvgIpc) is 2.85. The molecule has 1 heterocycles. The van der Waals surface area contributed by atoms with Gasteiger partial charge < -0.3 is 5.32 Å². The first kappa shape index (κ1) is 11.7. The smallest absolute Gasteiger partial charge is 0.239 e. The van der Waals surface area contributed by atoms with Crippen molar-refractivity contribution in [2.75, 3.05) is 11.2 Å². The highest BCUT2D eigenvalue weighted by Crippen LogP contribution is 2.19. The molecule has 4 nitrogen and oxygen atoms in total. The van der Waals surface area contributed by atoms with E-state index in [0.29, 0.717) is 0 Å². The number of benzene rings is 1. The number of anilines is 1. The van der Waals surface area contributed by atoms with Gasteiger partial charge in [0.05, 0.1) is 5.69 Å². The Balaban J connectivity index is 2.33. The quantitative estimate of drug-likeness (QED) is 0.849. The zero-order valence-corrected chi connectivity index (χ0v) is 10.1. The van der Waals surface area contributed by atoms with Crippen LogP contribution in [0.15, 0.2) is 36.7 Å². The second kappa shape index (κ2) is 5.01. The fourth-order valence-electron chi connectivity index (χ4n) is 1.49. The molecule has 1 aromatic heterocycles. The van der Waals surface area contributed by atoms with Crippen molar-refractivity contribution in [3.8, 4) is 5.69 Å². The summed E-state index contributed by atoms with van der Waals surface area (Å²) in [5, 5.41) is 6.88. The van der Waals surface area contributed by atoms with Gasteiger partial charge in [-0.15, -0.1) is 11.6 Å². The minimum Gasteiger partial charge on any atom is -0.325 e. The summed E-state index contributed by atoms with van der Waals surface area (Å²) in [6, 6.07) is 7.59. The molecule has 2 rings (SSSR count). The maximum atomic E-state index is 11.3. The van der Waals surface area contributed by atoms with Crippen LogP contribution in [0.25, 0.3) is 5.69 Å². The van der Waals surface area contributed by atoms with Gasteiger partial charge >= 0.3 is 0 Å². The second-order valence-corrected chi connectivity index (χ2v) is 3.90. The summed E-state index contributed by atoms with van der Waals surface area (Å²) >= 11 is 5.46. The Morgan fingerprint density at radius 1 is 1.53 bits per heavy atom. The molecule has 5 heteroatoms. The number of nitrogens with one attached hydrogen (secondary N) is 1. The van der Waals surface area contributed by atoms with Gasteiger partial charge in [0.1, 0.15) is 5.88 Å². The fraction of sp³-hybridized carbons (Fsp3) is 0.167. The standard InChI is InChI=1S/C12H12ClN3O/c1-9-3-4-10(16-6-2-5-14-16)7-11(9)15-12(17)8-13/h2-7H,8H2,1H3,(H,15,17). The van der Waals surface area contributed by atoms with Crippen molar-refractivity contribution < 1.29 is 4.79 Å². The van der Waals surface area contributed by atoms with E-state index in [4.69, 9.17) is 11.6 Å². The van der Waals surface area contributed by atoms with Crippen LogP contribution in [0.4, 0.5) is 5.69 Å². The zero-order chi connectivity index (χ0) is 12.3. The van der Waals surface area contributed by atoms with E-state index in [9.17, 15) is 4.79 Å². The van der Waals surface area contributed by atoms with E-state index in [-0.39, 0.29) is 11.8 Å². The van der Waals surface area contributed by atoms with E-state index in [0.717, 1.165) is 16.9 Å². The predicted octanol–water partition coefficient (Wildman–Crippen LogP) is 2.36. The molecule has 0 radical (unpaired) electrons. The molecular formula is C12H12ClN3O. The van der Waals surface area contributed by atoms with Crippen LogP contribution in [-0.4, -0.2) is 21.6 Å². The van der Waals surface area contributed by atoms with Gasteiger partial charge in [-0.1, -0.05) is 6.07 Å². The number of halogens is 1. The van der Waals surface area contributed by atoms with Gasteiger partial charge in [-0.05, 0) is 30.7 Å². The summed E-state index contributed by atoms with van der Waals surface area (Å²) in [6.45, 7) is 1.93. The maximum absolute atomic E-state index is 11.3. The van der Waals surface area contributed by atoms with Crippen LogP contribution in [-0.2, 0) is 4.79 Å². The highest BCUT2D eigenvalue weighted by Gasteiger charge is 2.05. The minimum absolute atomic E-state index is 0.0502. The van der Waals surface area contributed by atoms with Crippen molar-refractivity contribution in [2.24, 2.45) is 0 Å². The van der Waals surface area contributed by atoms with Crippen LogP contribution in [0.2, 0.25) is 0 Å². The molecule has 0 aliphatic heterocycles. The Morgan fingerprint density at radius 2 is 2.35 bits per heavy atom. The van der Waals surface area contributed by atoms with Crippen LogP contribution in [0, 0.1) is 6.92 Å². The first-order valence-corrected chi connectivity index (χ1v) is 5.70. The third-order valence-electron chi connectivity index (χ3n) is 2.39. The molecule has 0 saturated carbocycles. The van der Waals surface area contributed by atoms with Crippen LogP contribution in [0.1, 0.15) is 5.56 Å².